The van der Waals surface area contributed by atoms with Gasteiger partial charge in [0.15, 0.2) is 8.07 Å². The second-order valence-electron chi connectivity index (χ2n) is 14.2. The van der Waals surface area contributed by atoms with E-state index in [-0.39, 0.29) is 0 Å². The van der Waals surface area contributed by atoms with Crippen LogP contribution in [0, 0.1) is 0 Å². The van der Waals surface area contributed by atoms with Crippen molar-refractivity contribution in [2.24, 2.45) is 0 Å². The molecular weight excluding hydrogens is 727 g/mol. The maximum absolute atomic E-state index is 4.48. The van der Waals surface area contributed by atoms with E-state index >= 15 is 0 Å². The third-order valence-electron chi connectivity index (χ3n) is 11.2. The molecule has 0 N–H and O–H groups in total. The van der Waals surface area contributed by atoms with E-state index in [1.165, 1.54) is 51.1 Å². The molecule has 3 nitrogen and oxygen atoms in total. The molecule has 57 heavy (non-hydrogen) atoms. The lowest BCUT2D eigenvalue weighted by Gasteiger charge is -2.42. The minimum Gasteiger partial charge on any atom is -0.306 e. The van der Waals surface area contributed by atoms with Gasteiger partial charge in [0.05, 0.1) is 29.1 Å². The van der Waals surface area contributed by atoms with Gasteiger partial charge in [0.1, 0.15) is 6.33 Å². The molecule has 0 aliphatic rings. The number of aromatic nitrogens is 3. The minimum absolute atomic E-state index is 0.934. The smallest absolute Gasteiger partial charge is 0.179 e. The molecule has 8 aromatic carbocycles. The Bertz CT molecular complexity index is 2550. The standard InChI is InChI=1S/C52H39N3SSi/c1-7-19-41(20-8-1)56(42-21-9-2-10-22-42,43-23-11-3-12-24-43)44-31-33-51-49(35-44)50-36-48(32-34-52(50)55(51)40-37-53-39-54-38-40)57(45-25-13-4-14-26-45,46-27-15-5-16-28-46)47-29-17-6-18-30-47/h1-39H. The van der Waals surface area contributed by atoms with Gasteiger partial charge in [-0.05, 0) is 81.4 Å². The topological polar surface area (TPSA) is 30.7 Å². The Morgan fingerprint density at radius 1 is 0.351 bits per heavy atom. The predicted molar refractivity (Wildman–Crippen MR) is 240 cm³/mol. The fourth-order valence-electron chi connectivity index (χ4n) is 8.87. The monoisotopic (exact) mass is 765 g/mol. The third kappa shape index (κ3) is 5.66. The number of hydrogen-bond donors (Lipinski definition) is 0. The summed E-state index contributed by atoms with van der Waals surface area (Å²) in [5, 5.41) is 7.79. The summed E-state index contributed by atoms with van der Waals surface area (Å²) in [6.45, 7) is 0. The molecule has 272 valence electrons. The Morgan fingerprint density at radius 3 is 1.18 bits per heavy atom. The molecule has 5 heteroatoms. The summed E-state index contributed by atoms with van der Waals surface area (Å²) < 4.78 is 2.33. The second kappa shape index (κ2) is 14.7. The number of benzene rings is 8. The molecule has 0 aliphatic heterocycles. The Kier molecular flexibility index (Phi) is 8.94. The summed E-state index contributed by atoms with van der Waals surface area (Å²) >= 11 is 0. The molecule has 2 aromatic heterocycles. The highest BCUT2D eigenvalue weighted by atomic mass is 32.3. The number of hydrogen-bond acceptors (Lipinski definition) is 2. The van der Waals surface area contributed by atoms with Gasteiger partial charge in [-0.25, -0.2) is 9.97 Å². The molecule has 0 saturated carbocycles. The molecule has 0 aliphatic carbocycles. The van der Waals surface area contributed by atoms with Crippen LogP contribution >= 0.6 is 10.0 Å². The maximum Gasteiger partial charge on any atom is 0.179 e. The predicted octanol–water partition coefficient (Wildman–Crippen LogP) is 10.3. The molecule has 0 bridgehead atoms. The normalized spacial score (nSPS) is 12.1. The molecule has 0 saturated heterocycles. The first-order valence-corrected chi connectivity index (χ1v) is 22.9. The average Bonchev–Trinajstić information content (AvgIpc) is 3.63. The van der Waals surface area contributed by atoms with Gasteiger partial charge in [0.2, 0.25) is 0 Å². The summed E-state index contributed by atoms with van der Waals surface area (Å²) in [7, 11) is -4.73. The highest BCUT2D eigenvalue weighted by Gasteiger charge is 2.42. The highest BCUT2D eigenvalue weighted by molar-refractivity contribution is 8.34. The molecular formula is C52H39N3SSi. The number of fused-ring (bicyclic) bond motifs is 3. The molecule has 0 spiro atoms. The van der Waals surface area contributed by atoms with E-state index in [0.29, 0.717) is 0 Å². The molecule has 0 unspecified atom stereocenters. The first-order chi connectivity index (χ1) is 28.3. The van der Waals surface area contributed by atoms with E-state index in [9.17, 15) is 0 Å². The Balaban J connectivity index is 1.34. The minimum atomic E-state index is -2.81. The van der Waals surface area contributed by atoms with Gasteiger partial charge in [-0.15, -0.1) is 10.0 Å². The lowest BCUT2D eigenvalue weighted by atomic mass is 10.1. The van der Waals surface area contributed by atoms with Crippen molar-refractivity contribution in [1.29, 1.82) is 0 Å². The van der Waals surface area contributed by atoms with Gasteiger partial charge in [-0.1, -0.05) is 158 Å². The van der Waals surface area contributed by atoms with Gasteiger partial charge >= 0.3 is 0 Å². The molecule has 2 heterocycles. The zero-order chi connectivity index (χ0) is 38.1. The van der Waals surface area contributed by atoms with Crippen LogP contribution < -0.4 is 20.7 Å². The molecule has 10 aromatic rings. The lowest BCUT2D eigenvalue weighted by Crippen LogP contribution is -2.74. The van der Waals surface area contributed by atoms with E-state index < -0.39 is 18.1 Å². The van der Waals surface area contributed by atoms with Crippen LogP contribution in [0.4, 0.5) is 0 Å². The van der Waals surface area contributed by atoms with Crippen LogP contribution in [0.3, 0.4) is 0 Å². The number of nitrogens with zero attached hydrogens (tertiary/aromatic N) is 3. The van der Waals surface area contributed by atoms with Crippen molar-refractivity contribution >= 4 is 60.7 Å². The summed E-state index contributed by atoms with van der Waals surface area (Å²) in [6.07, 6.45) is 5.43. The largest absolute Gasteiger partial charge is 0.306 e. The van der Waals surface area contributed by atoms with Crippen molar-refractivity contribution in [2.75, 3.05) is 0 Å². The van der Waals surface area contributed by atoms with Gasteiger partial charge in [0.25, 0.3) is 0 Å². The molecule has 0 fully saturated rings. The van der Waals surface area contributed by atoms with Crippen LogP contribution in [0.25, 0.3) is 27.5 Å². The van der Waals surface area contributed by atoms with Crippen LogP contribution in [0.5, 0.6) is 0 Å². The van der Waals surface area contributed by atoms with E-state index in [1.54, 1.807) is 6.33 Å². The van der Waals surface area contributed by atoms with Gasteiger partial charge in [-0.3, -0.25) is 0 Å². The van der Waals surface area contributed by atoms with E-state index in [2.05, 4.69) is 233 Å². The van der Waals surface area contributed by atoms with E-state index in [1.807, 2.05) is 12.4 Å². The van der Waals surface area contributed by atoms with Crippen LogP contribution in [-0.4, -0.2) is 22.6 Å². The fraction of sp³-hybridized carbons (Fsp3) is 0. The summed E-state index contributed by atoms with van der Waals surface area (Å²) in [5.41, 5.74) is 3.18. The van der Waals surface area contributed by atoms with Gasteiger partial charge in [-0.2, -0.15) is 0 Å². The Hall–Kier alpha value is -6.79. The molecule has 0 radical (unpaired) electrons. The van der Waals surface area contributed by atoms with Crippen molar-refractivity contribution in [2.45, 2.75) is 19.6 Å². The van der Waals surface area contributed by atoms with Crippen LogP contribution in [0.15, 0.2) is 257 Å². The Labute approximate surface area is 335 Å². The van der Waals surface area contributed by atoms with Crippen LogP contribution in [-0.2, 0) is 0 Å². The van der Waals surface area contributed by atoms with E-state index in [4.69, 9.17) is 0 Å². The van der Waals surface area contributed by atoms with Gasteiger partial charge < -0.3 is 4.57 Å². The second-order valence-corrected chi connectivity index (χ2v) is 21.2. The first kappa shape index (κ1) is 34.7. The van der Waals surface area contributed by atoms with Crippen molar-refractivity contribution in [3.05, 3.63) is 237 Å². The maximum atomic E-state index is 4.48. The summed E-state index contributed by atoms with van der Waals surface area (Å²) in [5.74, 6) is 0. The lowest BCUT2D eigenvalue weighted by molar-refractivity contribution is 1.07. The fourth-order valence-corrected chi connectivity index (χ4v) is 17.5. The first-order valence-electron chi connectivity index (χ1n) is 19.3. The van der Waals surface area contributed by atoms with E-state index in [0.717, 1.165) is 16.7 Å². The highest BCUT2D eigenvalue weighted by Crippen LogP contribution is 2.73. The van der Waals surface area contributed by atoms with Crippen LogP contribution in [0.2, 0.25) is 0 Å². The SMILES string of the molecule is c1ccc([Si](c2ccccc2)(c2ccccc2)c2ccc3c(c2)c2cc(S(c4ccccc4)(c4ccccc4)c4ccccc4)ccc2n3-c2cncnc2)cc1. The number of rotatable bonds is 9. The zero-order valence-corrected chi connectivity index (χ0v) is 33.1. The van der Waals surface area contributed by atoms with Crippen molar-refractivity contribution < 1.29 is 0 Å². The third-order valence-corrected chi connectivity index (χ3v) is 19.9. The van der Waals surface area contributed by atoms with Gasteiger partial charge in [0, 0.05) is 30.4 Å². The quantitative estimate of drug-likeness (QED) is 0.108. The average molecular weight is 766 g/mol. The van der Waals surface area contributed by atoms with Crippen molar-refractivity contribution in [1.82, 2.24) is 14.5 Å². The van der Waals surface area contributed by atoms with Crippen LogP contribution in [0.1, 0.15) is 0 Å². The molecule has 0 amide bonds. The van der Waals surface area contributed by atoms with Crippen molar-refractivity contribution in [3.63, 3.8) is 0 Å². The van der Waals surface area contributed by atoms with Crippen molar-refractivity contribution in [3.8, 4) is 5.69 Å². The summed E-state index contributed by atoms with van der Waals surface area (Å²) in [4.78, 5) is 14.1. The summed E-state index contributed by atoms with van der Waals surface area (Å²) in [6, 6.07) is 81.1. The zero-order valence-electron chi connectivity index (χ0n) is 31.3. The Morgan fingerprint density at radius 2 is 0.737 bits per heavy atom. The molecule has 0 atom stereocenters. The molecule has 10 rings (SSSR count).